The topological polar surface area (TPSA) is 184 Å². The molecule has 1 fully saturated rings. The van der Waals surface area contributed by atoms with Crippen molar-refractivity contribution in [2.75, 3.05) is 32.1 Å². The summed E-state index contributed by atoms with van der Waals surface area (Å²) in [4.78, 5) is 25.5. The SMILES string of the molecule is COC(=O)c1cn(C[C@H](C)NC(=O)[C@H](Cc2ccccc2)n2cc(CCCNCC(C)(C)CNc3nn4c(-c5ccccc5)nnc4cc3C3CCC3)nn2)nn1. The Morgan fingerprint density at radius 1 is 0.947 bits per heavy atom. The van der Waals surface area contributed by atoms with E-state index in [1.807, 2.05) is 78.3 Å². The molecule has 1 aliphatic carbocycles. The van der Waals surface area contributed by atoms with Crippen LogP contribution in [0.1, 0.15) is 85.7 Å². The lowest BCUT2D eigenvalue weighted by Crippen LogP contribution is -2.41. The molecule has 57 heavy (non-hydrogen) atoms. The third-order valence-corrected chi connectivity index (χ3v) is 10.4. The number of ether oxygens (including phenoxy) is 1. The molecule has 0 bridgehead atoms. The van der Waals surface area contributed by atoms with E-state index in [1.165, 1.54) is 30.0 Å². The Kier molecular flexibility index (Phi) is 12.3. The lowest BCUT2D eigenvalue weighted by molar-refractivity contribution is -0.125. The van der Waals surface area contributed by atoms with Gasteiger partial charge in [0, 0.05) is 42.9 Å². The lowest BCUT2D eigenvalue weighted by atomic mass is 9.80. The summed E-state index contributed by atoms with van der Waals surface area (Å²) in [5.41, 5.74) is 4.85. The van der Waals surface area contributed by atoms with E-state index in [4.69, 9.17) is 9.84 Å². The van der Waals surface area contributed by atoms with Gasteiger partial charge in [-0.1, -0.05) is 91.4 Å². The van der Waals surface area contributed by atoms with Crippen molar-refractivity contribution in [1.29, 1.82) is 0 Å². The highest BCUT2D eigenvalue weighted by molar-refractivity contribution is 5.86. The second-order valence-corrected chi connectivity index (χ2v) is 15.7. The van der Waals surface area contributed by atoms with Crippen LogP contribution in [0.3, 0.4) is 0 Å². The molecule has 7 rings (SSSR count). The van der Waals surface area contributed by atoms with Gasteiger partial charge in [-0.05, 0) is 62.1 Å². The number of fused-ring (bicyclic) bond motifs is 1. The Labute approximate surface area is 331 Å². The molecule has 0 saturated heterocycles. The van der Waals surface area contributed by atoms with Gasteiger partial charge in [-0.2, -0.15) is 4.52 Å². The number of methoxy groups -OCH3 is 1. The normalized spacial score (nSPS) is 14.2. The molecule has 6 aromatic rings. The minimum Gasteiger partial charge on any atom is -0.464 e. The van der Waals surface area contributed by atoms with Crippen LogP contribution in [0.25, 0.3) is 17.0 Å². The fourth-order valence-electron chi connectivity index (χ4n) is 6.96. The Morgan fingerprint density at radius 3 is 2.46 bits per heavy atom. The molecule has 0 unspecified atom stereocenters. The van der Waals surface area contributed by atoms with Crippen LogP contribution in [0, 0.1) is 5.41 Å². The number of aromatic nitrogens is 10. The van der Waals surface area contributed by atoms with Gasteiger partial charge in [0.15, 0.2) is 23.0 Å². The quantitative estimate of drug-likeness (QED) is 0.0765. The molecule has 2 atom stereocenters. The number of hydrogen-bond acceptors (Lipinski definition) is 12. The first kappa shape index (κ1) is 39.2. The van der Waals surface area contributed by atoms with Gasteiger partial charge in [0.1, 0.15) is 6.04 Å². The molecular formula is C41H51N13O3. The molecule has 1 aliphatic rings. The van der Waals surface area contributed by atoms with Crippen LogP contribution in [-0.2, 0) is 28.9 Å². The molecule has 2 aromatic carbocycles. The van der Waals surface area contributed by atoms with Crippen molar-refractivity contribution < 1.29 is 14.3 Å². The zero-order valence-electron chi connectivity index (χ0n) is 33.0. The van der Waals surface area contributed by atoms with Gasteiger partial charge < -0.3 is 20.7 Å². The standard InChI is InChI=1S/C41H51N13O3/c1-28(23-52-25-34(46-50-52)40(56)57-4)44-39(55)35(21-29-13-7-5-8-14-29)53-24-32(45-51-53)19-12-20-42-26-41(2,3)27-43-37-33(30-17-11-18-30)22-36-47-48-38(54(36)49-37)31-15-9-6-10-16-31/h5-10,13-16,22,24-25,28,30,35,42H,11-12,17-21,23,26-27H2,1-4H3,(H,43,49)(H,44,55)/t28-,35-/m0/s1. The van der Waals surface area contributed by atoms with Crippen molar-refractivity contribution in [3.63, 3.8) is 0 Å². The van der Waals surface area contributed by atoms with Crippen molar-refractivity contribution >= 4 is 23.3 Å². The van der Waals surface area contributed by atoms with Crippen molar-refractivity contribution in [2.45, 2.75) is 83.8 Å². The van der Waals surface area contributed by atoms with E-state index in [0.717, 1.165) is 73.0 Å². The molecule has 1 saturated carbocycles. The Morgan fingerprint density at radius 2 is 1.72 bits per heavy atom. The number of esters is 1. The highest BCUT2D eigenvalue weighted by Gasteiger charge is 2.27. The molecule has 0 radical (unpaired) electrons. The second kappa shape index (κ2) is 17.8. The Balaban J connectivity index is 0.919. The third-order valence-electron chi connectivity index (χ3n) is 10.4. The average molecular weight is 774 g/mol. The minimum atomic E-state index is -0.612. The number of anilines is 1. The van der Waals surface area contributed by atoms with Crippen molar-refractivity contribution in [3.05, 3.63) is 102 Å². The molecule has 4 heterocycles. The molecule has 16 nitrogen and oxygen atoms in total. The highest BCUT2D eigenvalue weighted by Crippen LogP contribution is 2.40. The molecule has 3 N–H and O–H groups in total. The number of carbonyl (C=O) groups is 2. The van der Waals surface area contributed by atoms with Gasteiger partial charge in [-0.25, -0.2) is 14.2 Å². The van der Waals surface area contributed by atoms with Crippen LogP contribution in [0.4, 0.5) is 5.82 Å². The maximum atomic E-state index is 13.7. The molecule has 4 aromatic heterocycles. The first-order valence-electron chi connectivity index (χ1n) is 19.7. The summed E-state index contributed by atoms with van der Waals surface area (Å²) in [7, 11) is 1.29. The van der Waals surface area contributed by atoms with Crippen molar-refractivity contribution in [1.82, 2.24) is 60.4 Å². The van der Waals surface area contributed by atoms with Crippen molar-refractivity contribution in [2.24, 2.45) is 5.41 Å². The van der Waals surface area contributed by atoms with Gasteiger partial charge in [-0.3, -0.25) is 4.79 Å². The maximum absolute atomic E-state index is 13.7. The molecule has 1 amide bonds. The van der Waals surface area contributed by atoms with Gasteiger partial charge in [-0.15, -0.1) is 25.5 Å². The number of rotatable bonds is 19. The maximum Gasteiger partial charge on any atom is 0.360 e. The largest absolute Gasteiger partial charge is 0.464 e. The number of nitrogens with zero attached hydrogens (tertiary/aromatic N) is 10. The van der Waals surface area contributed by atoms with Crippen LogP contribution in [-0.4, -0.2) is 94.5 Å². The summed E-state index contributed by atoms with van der Waals surface area (Å²) in [6, 6.07) is 21.1. The van der Waals surface area contributed by atoms with Gasteiger partial charge in [0.25, 0.3) is 0 Å². The summed E-state index contributed by atoms with van der Waals surface area (Å²) < 4.78 is 9.73. The van der Waals surface area contributed by atoms with Crippen LogP contribution in [0.15, 0.2) is 79.1 Å². The molecule has 0 aliphatic heterocycles. The molecule has 0 spiro atoms. The zero-order valence-corrected chi connectivity index (χ0v) is 33.0. The van der Waals surface area contributed by atoms with Crippen LogP contribution in [0.2, 0.25) is 0 Å². The molecule has 16 heteroatoms. The predicted octanol–water partition coefficient (Wildman–Crippen LogP) is 4.68. The van der Waals surface area contributed by atoms with Crippen LogP contribution in [0.5, 0.6) is 0 Å². The number of amides is 1. The van der Waals surface area contributed by atoms with Gasteiger partial charge in [0.2, 0.25) is 5.91 Å². The number of aryl methyl sites for hydroxylation is 1. The first-order valence-corrected chi connectivity index (χ1v) is 19.7. The predicted molar refractivity (Wildman–Crippen MR) is 214 cm³/mol. The summed E-state index contributed by atoms with van der Waals surface area (Å²) in [6.45, 7) is 9.05. The van der Waals surface area contributed by atoms with E-state index < -0.39 is 12.0 Å². The van der Waals surface area contributed by atoms with E-state index >= 15 is 0 Å². The third kappa shape index (κ3) is 9.86. The number of benzene rings is 2. The number of hydrogen-bond donors (Lipinski definition) is 3. The lowest BCUT2D eigenvalue weighted by Gasteiger charge is -2.30. The fourth-order valence-corrected chi connectivity index (χ4v) is 6.96. The summed E-state index contributed by atoms with van der Waals surface area (Å²) in [5, 5.41) is 41.1. The summed E-state index contributed by atoms with van der Waals surface area (Å²) in [6.07, 6.45) is 8.96. The van der Waals surface area contributed by atoms with Crippen LogP contribution < -0.4 is 16.0 Å². The first-order chi connectivity index (χ1) is 27.7. The second-order valence-electron chi connectivity index (χ2n) is 15.7. The summed E-state index contributed by atoms with van der Waals surface area (Å²) in [5.74, 6) is 1.36. The van der Waals surface area contributed by atoms with E-state index in [1.54, 1.807) is 4.68 Å². The monoisotopic (exact) mass is 773 g/mol. The molecular weight excluding hydrogens is 723 g/mol. The Hall–Kier alpha value is -6.03. The van der Waals surface area contributed by atoms with E-state index in [0.29, 0.717) is 25.3 Å². The fraction of sp³-hybridized carbons (Fsp3) is 0.439. The summed E-state index contributed by atoms with van der Waals surface area (Å²) >= 11 is 0. The van der Waals surface area contributed by atoms with Crippen molar-refractivity contribution in [3.8, 4) is 11.4 Å². The van der Waals surface area contributed by atoms with E-state index in [2.05, 4.69) is 66.7 Å². The van der Waals surface area contributed by atoms with Gasteiger partial charge >= 0.3 is 5.97 Å². The molecule has 298 valence electrons. The highest BCUT2D eigenvalue weighted by atomic mass is 16.5. The zero-order chi connectivity index (χ0) is 39.8. The van der Waals surface area contributed by atoms with E-state index in [-0.39, 0.29) is 23.1 Å². The van der Waals surface area contributed by atoms with Gasteiger partial charge in [0.05, 0.1) is 25.5 Å². The van der Waals surface area contributed by atoms with Crippen LogP contribution >= 0.6 is 0 Å². The van der Waals surface area contributed by atoms with E-state index in [9.17, 15) is 9.59 Å². The minimum absolute atomic E-state index is 0.0567. The smallest absolute Gasteiger partial charge is 0.360 e. The average Bonchev–Trinajstić information content (AvgIpc) is 3.96. The number of carbonyl (C=O) groups excluding carboxylic acids is 2. The number of nitrogens with one attached hydrogen (secondary N) is 3. The Bertz CT molecular complexity index is 2250.